The van der Waals surface area contributed by atoms with Crippen LogP contribution in [0.25, 0.3) is 0 Å². The number of hydrogen-bond acceptors (Lipinski definition) is 4. The van der Waals surface area contributed by atoms with Gasteiger partial charge in [0.15, 0.2) is 5.82 Å². The third-order valence-corrected chi connectivity index (χ3v) is 5.24. The molecule has 2 aromatic rings. The maximum absolute atomic E-state index is 12.5. The van der Waals surface area contributed by atoms with Crippen molar-refractivity contribution in [3.63, 3.8) is 0 Å². The maximum atomic E-state index is 12.5. The van der Waals surface area contributed by atoms with Crippen LogP contribution in [0.15, 0.2) is 30.3 Å². The molecule has 0 aliphatic carbocycles. The normalized spacial score (nSPS) is 14.8. The van der Waals surface area contributed by atoms with Crippen molar-refractivity contribution in [1.29, 1.82) is 0 Å². The van der Waals surface area contributed by atoms with Crippen LogP contribution < -0.4 is 5.32 Å². The van der Waals surface area contributed by atoms with Gasteiger partial charge in [0.1, 0.15) is 0 Å². The van der Waals surface area contributed by atoms with E-state index in [2.05, 4.69) is 15.5 Å². The van der Waals surface area contributed by atoms with E-state index in [9.17, 15) is 13.2 Å². The molecule has 0 saturated heterocycles. The minimum Gasteiger partial charge on any atom is -0.309 e. The molecule has 7 nitrogen and oxygen atoms in total. The predicted octanol–water partition coefficient (Wildman–Crippen LogP) is 1.21. The monoisotopic (exact) mass is 320 g/mol. The van der Waals surface area contributed by atoms with Crippen LogP contribution in [0.3, 0.4) is 0 Å². The smallest absolute Gasteiger partial charge is 0.222 e. The molecule has 0 bridgehead atoms. The zero-order valence-corrected chi connectivity index (χ0v) is 12.9. The summed E-state index contributed by atoms with van der Waals surface area (Å²) in [5.74, 6) is 0.126. The van der Waals surface area contributed by atoms with E-state index in [-0.39, 0.29) is 24.7 Å². The van der Waals surface area contributed by atoms with Gasteiger partial charge in [-0.25, -0.2) is 8.42 Å². The Kier molecular flexibility index (Phi) is 3.71. The Hall–Kier alpha value is -2.19. The fourth-order valence-corrected chi connectivity index (χ4v) is 3.90. The lowest BCUT2D eigenvalue weighted by atomic mass is 10.2. The SMILES string of the molecule is CC(=O)Nc1n[nH]c2c1CN(S(=O)(=O)Cc1ccccc1)C2. The third kappa shape index (κ3) is 2.88. The highest BCUT2D eigenvalue weighted by Crippen LogP contribution is 2.30. The Morgan fingerprint density at radius 1 is 1.32 bits per heavy atom. The molecule has 1 amide bonds. The number of nitrogens with one attached hydrogen (secondary N) is 2. The Morgan fingerprint density at radius 3 is 2.73 bits per heavy atom. The standard InChI is InChI=1S/C14H16N4O3S/c1-10(19)15-14-12-7-18(8-13(12)16-17-14)22(20,21)9-11-5-3-2-4-6-11/h2-6H,7-9H2,1H3,(H2,15,16,17,19). The fourth-order valence-electron chi connectivity index (χ4n) is 2.45. The molecule has 3 rings (SSSR count). The summed E-state index contributed by atoms with van der Waals surface area (Å²) >= 11 is 0. The topological polar surface area (TPSA) is 95.2 Å². The van der Waals surface area contributed by atoms with Crippen molar-refractivity contribution >= 4 is 21.7 Å². The molecule has 1 aliphatic heterocycles. The molecule has 1 aromatic heterocycles. The number of anilines is 1. The molecule has 0 fully saturated rings. The van der Waals surface area contributed by atoms with E-state index >= 15 is 0 Å². The molecule has 0 unspecified atom stereocenters. The van der Waals surface area contributed by atoms with Crippen molar-refractivity contribution in [1.82, 2.24) is 14.5 Å². The second-order valence-corrected chi connectivity index (χ2v) is 7.19. The number of rotatable bonds is 4. The minimum absolute atomic E-state index is 0.0407. The van der Waals surface area contributed by atoms with Crippen molar-refractivity contribution in [2.24, 2.45) is 0 Å². The number of carbonyl (C=O) groups excluding carboxylic acids is 1. The number of nitrogens with zero attached hydrogens (tertiary/aromatic N) is 2. The van der Waals surface area contributed by atoms with Gasteiger partial charge in [0.2, 0.25) is 15.9 Å². The van der Waals surface area contributed by atoms with Crippen molar-refractivity contribution < 1.29 is 13.2 Å². The van der Waals surface area contributed by atoms with Crippen LogP contribution in [0.1, 0.15) is 23.7 Å². The Bertz CT molecular complexity index is 799. The Balaban J connectivity index is 1.77. The van der Waals surface area contributed by atoms with Crippen LogP contribution in [-0.2, 0) is 33.7 Å². The first kappa shape index (κ1) is 14.7. The number of sulfonamides is 1. The highest BCUT2D eigenvalue weighted by molar-refractivity contribution is 7.88. The van der Waals surface area contributed by atoms with Crippen molar-refractivity contribution in [3.8, 4) is 0 Å². The van der Waals surface area contributed by atoms with Crippen molar-refractivity contribution in [2.75, 3.05) is 5.32 Å². The summed E-state index contributed by atoms with van der Waals surface area (Å²) in [6.07, 6.45) is 0. The summed E-state index contributed by atoms with van der Waals surface area (Å²) in [6.45, 7) is 1.85. The van der Waals surface area contributed by atoms with E-state index in [1.807, 2.05) is 18.2 Å². The first-order valence-electron chi connectivity index (χ1n) is 6.81. The molecule has 1 aliphatic rings. The lowest BCUT2D eigenvalue weighted by Gasteiger charge is -2.16. The van der Waals surface area contributed by atoms with E-state index in [0.717, 1.165) is 16.8 Å². The van der Waals surface area contributed by atoms with Gasteiger partial charge in [-0.15, -0.1) is 0 Å². The van der Waals surface area contributed by atoms with Gasteiger partial charge in [-0.3, -0.25) is 9.89 Å². The molecule has 2 heterocycles. The van der Waals surface area contributed by atoms with E-state index in [0.29, 0.717) is 5.82 Å². The number of aromatic nitrogens is 2. The average molecular weight is 320 g/mol. The maximum Gasteiger partial charge on any atom is 0.222 e. The van der Waals surface area contributed by atoms with Gasteiger partial charge >= 0.3 is 0 Å². The second kappa shape index (κ2) is 5.54. The summed E-state index contributed by atoms with van der Waals surface area (Å²) in [4.78, 5) is 11.1. The first-order chi connectivity index (χ1) is 10.5. The highest BCUT2D eigenvalue weighted by Gasteiger charge is 2.33. The fraction of sp³-hybridized carbons (Fsp3) is 0.286. The number of amides is 1. The van der Waals surface area contributed by atoms with Gasteiger partial charge in [0.05, 0.1) is 18.0 Å². The average Bonchev–Trinajstić information content (AvgIpc) is 3.02. The molecule has 0 saturated carbocycles. The van der Waals surface area contributed by atoms with Gasteiger partial charge in [0.25, 0.3) is 0 Å². The summed E-state index contributed by atoms with van der Waals surface area (Å²) in [5.41, 5.74) is 2.20. The van der Waals surface area contributed by atoms with Gasteiger partial charge < -0.3 is 5.32 Å². The van der Waals surface area contributed by atoms with E-state index < -0.39 is 10.0 Å². The molecule has 1 aromatic carbocycles. The molecule has 0 atom stereocenters. The van der Waals surface area contributed by atoms with Crippen LogP contribution in [0.4, 0.5) is 5.82 Å². The lowest BCUT2D eigenvalue weighted by Crippen LogP contribution is -2.27. The number of carbonyl (C=O) groups is 1. The first-order valence-corrected chi connectivity index (χ1v) is 8.42. The molecule has 22 heavy (non-hydrogen) atoms. The Morgan fingerprint density at radius 2 is 2.05 bits per heavy atom. The van der Waals surface area contributed by atoms with Crippen LogP contribution in [0.5, 0.6) is 0 Å². The summed E-state index contributed by atoms with van der Waals surface area (Å²) in [6, 6.07) is 9.06. The molecule has 2 N–H and O–H groups in total. The number of H-pyrrole nitrogens is 1. The second-order valence-electron chi connectivity index (χ2n) is 5.22. The molecule has 116 valence electrons. The molecule has 0 radical (unpaired) electrons. The van der Waals surface area contributed by atoms with Crippen LogP contribution >= 0.6 is 0 Å². The molecular formula is C14H16N4O3S. The van der Waals surface area contributed by atoms with Crippen molar-refractivity contribution in [2.45, 2.75) is 25.8 Å². The predicted molar refractivity (Wildman–Crippen MR) is 81.2 cm³/mol. The summed E-state index contributed by atoms with van der Waals surface area (Å²) < 4.78 is 26.4. The van der Waals surface area contributed by atoms with Crippen LogP contribution in [0, 0.1) is 0 Å². The largest absolute Gasteiger partial charge is 0.309 e. The zero-order chi connectivity index (χ0) is 15.7. The highest BCUT2D eigenvalue weighted by atomic mass is 32.2. The van der Waals surface area contributed by atoms with Gasteiger partial charge in [-0.1, -0.05) is 30.3 Å². The zero-order valence-electron chi connectivity index (χ0n) is 12.0. The lowest BCUT2D eigenvalue weighted by molar-refractivity contribution is -0.114. The Labute approximate surface area is 128 Å². The number of fused-ring (bicyclic) bond motifs is 1. The number of hydrogen-bond donors (Lipinski definition) is 2. The minimum atomic E-state index is -3.42. The van der Waals surface area contributed by atoms with E-state index in [1.54, 1.807) is 12.1 Å². The van der Waals surface area contributed by atoms with Crippen LogP contribution in [0.2, 0.25) is 0 Å². The summed E-state index contributed by atoms with van der Waals surface area (Å²) in [7, 11) is -3.42. The van der Waals surface area contributed by atoms with Gasteiger partial charge in [-0.05, 0) is 5.56 Å². The number of benzene rings is 1. The molecule has 0 spiro atoms. The van der Waals surface area contributed by atoms with Gasteiger partial charge in [-0.2, -0.15) is 9.40 Å². The van der Waals surface area contributed by atoms with Gasteiger partial charge in [0, 0.05) is 19.0 Å². The third-order valence-electron chi connectivity index (χ3n) is 3.50. The summed E-state index contributed by atoms with van der Waals surface area (Å²) in [5, 5.41) is 9.39. The quantitative estimate of drug-likeness (QED) is 0.885. The van der Waals surface area contributed by atoms with E-state index in [1.165, 1.54) is 11.2 Å². The van der Waals surface area contributed by atoms with Crippen LogP contribution in [-0.4, -0.2) is 28.8 Å². The molecular weight excluding hydrogens is 304 g/mol. The van der Waals surface area contributed by atoms with Crippen molar-refractivity contribution in [3.05, 3.63) is 47.2 Å². The molecule has 8 heteroatoms. The number of aromatic amines is 1. The van der Waals surface area contributed by atoms with E-state index in [4.69, 9.17) is 0 Å².